The summed E-state index contributed by atoms with van der Waals surface area (Å²) in [5.41, 5.74) is 0.994. The number of amides is 1. The van der Waals surface area contributed by atoms with Gasteiger partial charge < -0.3 is 5.32 Å². The lowest BCUT2D eigenvalue weighted by atomic mass is 10.1. The first-order chi connectivity index (χ1) is 9.76. The first-order valence-corrected chi connectivity index (χ1v) is 8.01. The molecule has 0 radical (unpaired) electrons. The topological polar surface area (TPSA) is 99.1 Å². The lowest BCUT2D eigenvalue weighted by Gasteiger charge is -2.10. The lowest BCUT2D eigenvalue weighted by molar-refractivity contribution is -0.120. The Morgan fingerprint density at radius 1 is 1.38 bits per heavy atom. The summed E-state index contributed by atoms with van der Waals surface area (Å²) in [5.74, 6) is -0.0793. The second-order valence-electron chi connectivity index (χ2n) is 5.11. The zero-order valence-corrected chi connectivity index (χ0v) is 13.1. The molecule has 0 heterocycles. The van der Waals surface area contributed by atoms with Crippen molar-refractivity contribution in [2.45, 2.75) is 25.7 Å². The zero-order valence-electron chi connectivity index (χ0n) is 12.3. The number of nitriles is 1. The predicted molar refractivity (Wildman–Crippen MR) is 78.9 cm³/mol. The van der Waals surface area contributed by atoms with E-state index >= 15 is 0 Å². The van der Waals surface area contributed by atoms with Crippen LogP contribution in [-0.4, -0.2) is 27.4 Å². The Bertz CT molecular complexity index is 661. The summed E-state index contributed by atoms with van der Waals surface area (Å²) in [6.45, 7) is 5.74. The number of hydrogen-bond donors (Lipinski definition) is 2. The largest absolute Gasteiger partial charge is 0.355 e. The Kier molecular flexibility index (Phi) is 5.88. The zero-order chi connectivity index (χ0) is 16.0. The van der Waals surface area contributed by atoms with Crippen molar-refractivity contribution in [2.24, 2.45) is 5.92 Å². The van der Waals surface area contributed by atoms with Crippen LogP contribution in [0.5, 0.6) is 0 Å². The summed E-state index contributed by atoms with van der Waals surface area (Å²) >= 11 is 0. The minimum atomic E-state index is -3.76. The summed E-state index contributed by atoms with van der Waals surface area (Å²) in [7, 11) is -3.76. The van der Waals surface area contributed by atoms with Gasteiger partial charge in [0.15, 0.2) is 0 Å². The van der Waals surface area contributed by atoms with Gasteiger partial charge in [-0.2, -0.15) is 5.26 Å². The third-order valence-corrected chi connectivity index (χ3v) is 4.16. The molecule has 114 valence electrons. The molecule has 0 aliphatic heterocycles. The lowest BCUT2D eigenvalue weighted by Crippen LogP contribution is -2.38. The number of nitrogens with one attached hydrogen (secondary N) is 2. The van der Waals surface area contributed by atoms with Crippen LogP contribution >= 0.6 is 0 Å². The Hall–Kier alpha value is -1.91. The van der Waals surface area contributed by atoms with E-state index in [4.69, 9.17) is 5.26 Å². The van der Waals surface area contributed by atoms with Gasteiger partial charge in [-0.15, -0.1) is 0 Å². The number of hydrogen-bond acceptors (Lipinski definition) is 4. The molecule has 0 aliphatic carbocycles. The predicted octanol–water partition coefficient (Wildman–Crippen LogP) is 0.917. The van der Waals surface area contributed by atoms with Gasteiger partial charge in [-0.1, -0.05) is 13.8 Å². The highest BCUT2D eigenvalue weighted by Crippen LogP contribution is 2.14. The smallest absolute Gasteiger partial charge is 0.241 e. The number of aryl methyl sites for hydroxylation is 1. The number of sulfonamides is 1. The van der Waals surface area contributed by atoms with Crippen molar-refractivity contribution in [3.05, 3.63) is 29.3 Å². The average Bonchev–Trinajstić information content (AvgIpc) is 2.42. The normalized spacial score (nSPS) is 11.2. The molecule has 0 saturated heterocycles. The number of rotatable bonds is 6. The third kappa shape index (κ3) is 5.17. The van der Waals surface area contributed by atoms with Crippen LogP contribution in [0.3, 0.4) is 0 Å². The summed E-state index contributed by atoms with van der Waals surface area (Å²) < 4.78 is 26.3. The molecule has 1 aromatic rings. The van der Waals surface area contributed by atoms with Crippen molar-refractivity contribution in [1.29, 1.82) is 5.26 Å². The average molecular weight is 309 g/mol. The fourth-order valence-corrected chi connectivity index (χ4v) is 2.62. The first-order valence-electron chi connectivity index (χ1n) is 6.53. The molecule has 0 fully saturated rings. The summed E-state index contributed by atoms with van der Waals surface area (Å²) in [4.78, 5) is 11.5. The summed E-state index contributed by atoms with van der Waals surface area (Å²) in [6, 6.07) is 6.18. The molecular weight excluding hydrogens is 290 g/mol. The van der Waals surface area contributed by atoms with E-state index in [1.807, 2.05) is 19.9 Å². The van der Waals surface area contributed by atoms with Gasteiger partial charge >= 0.3 is 0 Å². The SMILES string of the molecule is Cc1cc(S(=O)(=O)NCC(=O)NCC(C)C)ccc1C#N. The van der Waals surface area contributed by atoms with Gasteiger partial charge in [0.05, 0.1) is 23.1 Å². The molecular formula is C14H19N3O3S. The molecule has 0 saturated carbocycles. The van der Waals surface area contributed by atoms with E-state index in [0.29, 0.717) is 23.6 Å². The van der Waals surface area contributed by atoms with Crippen molar-refractivity contribution in [2.75, 3.05) is 13.1 Å². The summed E-state index contributed by atoms with van der Waals surface area (Å²) in [6.07, 6.45) is 0. The van der Waals surface area contributed by atoms with Crippen molar-refractivity contribution in [3.8, 4) is 6.07 Å². The molecule has 1 rings (SSSR count). The number of carbonyl (C=O) groups is 1. The quantitative estimate of drug-likeness (QED) is 0.816. The van der Waals surface area contributed by atoms with Crippen LogP contribution < -0.4 is 10.0 Å². The second-order valence-corrected chi connectivity index (χ2v) is 6.88. The highest BCUT2D eigenvalue weighted by molar-refractivity contribution is 7.89. The third-order valence-electron chi connectivity index (χ3n) is 2.76. The fraction of sp³-hybridized carbons (Fsp3) is 0.429. The van der Waals surface area contributed by atoms with E-state index in [1.54, 1.807) is 6.92 Å². The number of benzene rings is 1. The second kappa shape index (κ2) is 7.20. The maximum atomic E-state index is 12.1. The van der Waals surface area contributed by atoms with Crippen LogP contribution in [0.2, 0.25) is 0 Å². The molecule has 6 nitrogen and oxygen atoms in total. The van der Waals surface area contributed by atoms with E-state index in [1.165, 1.54) is 18.2 Å². The van der Waals surface area contributed by atoms with Crippen LogP contribution in [0.15, 0.2) is 23.1 Å². The summed E-state index contributed by atoms with van der Waals surface area (Å²) in [5, 5.41) is 11.5. The van der Waals surface area contributed by atoms with Gasteiger partial charge in [-0.25, -0.2) is 13.1 Å². The molecule has 1 aromatic carbocycles. The maximum Gasteiger partial charge on any atom is 0.241 e. The highest BCUT2D eigenvalue weighted by Gasteiger charge is 2.16. The number of carbonyl (C=O) groups excluding carboxylic acids is 1. The first kappa shape index (κ1) is 17.1. The van der Waals surface area contributed by atoms with Gasteiger partial charge in [0.25, 0.3) is 0 Å². The Labute approximate surface area is 125 Å². The Morgan fingerprint density at radius 2 is 2.05 bits per heavy atom. The van der Waals surface area contributed by atoms with Crippen molar-refractivity contribution in [3.63, 3.8) is 0 Å². The molecule has 0 aromatic heterocycles. The number of nitrogens with zero attached hydrogens (tertiary/aromatic N) is 1. The monoisotopic (exact) mass is 309 g/mol. The molecule has 2 N–H and O–H groups in total. The van der Waals surface area contributed by atoms with Crippen molar-refractivity contribution < 1.29 is 13.2 Å². The van der Waals surface area contributed by atoms with E-state index in [2.05, 4.69) is 10.0 Å². The molecule has 0 atom stereocenters. The van der Waals surface area contributed by atoms with Crippen LogP contribution in [-0.2, 0) is 14.8 Å². The van der Waals surface area contributed by atoms with Crippen LogP contribution in [0.1, 0.15) is 25.0 Å². The maximum absolute atomic E-state index is 12.1. The van der Waals surface area contributed by atoms with Gasteiger partial charge in [0.2, 0.25) is 15.9 Å². The van der Waals surface area contributed by atoms with Crippen LogP contribution in [0, 0.1) is 24.2 Å². The minimum Gasteiger partial charge on any atom is -0.355 e. The molecule has 1 amide bonds. The van der Waals surface area contributed by atoms with Gasteiger partial charge in [-0.05, 0) is 36.6 Å². The molecule has 0 aliphatic rings. The van der Waals surface area contributed by atoms with Gasteiger partial charge in [0.1, 0.15) is 0 Å². The van der Waals surface area contributed by atoms with Crippen LogP contribution in [0.25, 0.3) is 0 Å². The highest BCUT2D eigenvalue weighted by atomic mass is 32.2. The van der Waals surface area contributed by atoms with Crippen molar-refractivity contribution in [1.82, 2.24) is 10.0 Å². The van der Waals surface area contributed by atoms with Crippen molar-refractivity contribution >= 4 is 15.9 Å². The molecule has 0 unspecified atom stereocenters. The van der Waals surface area contributed by atoms with Crippen LogP contribution in [0.4, 0.5) is 0 Å². The Balaban J connectivity index is 2.72. The van der Waals surface area contributed by atoms with Gasteiger partial charge in [0, 0.05) is 6.54 Å². The van der Waals surface area contributed by atoms with Gasteiger partial charge in [-0.3, -0.25) is 4.79 Å². The Morgan fingerprint density at radius 3 is 2.57 bits per heavy atom. The fourth-order valence-electron chi connectivity index (χ4n) is 1.55. The molecule has 21 heavy (non-hydrogen) atoms. The van der Waals surface area contributed by atoms with E-state index < -0.39 is 10.0 Å². The molecule has 0 bridgehead atoms. The van der Waals surface area contributed by atoms with E-state index in [9.17, 15) is 13.2 Å². The molecule has 7 heteroatoms. The van der Waals surface area contributed by atoms with E-state index in [-0.39, 0.29) is 17.3 Å². The molecule has 0 spiro atoms. The standard InChI is InChI=1S/C14H19N3O3S/c1-10(2)8-16-14(18)9-17-21(19,20)13-5-4-12(7-15)11(3)6-13/h4-6,10,17H,8-9H2,1-3H3,(H,16,18). The van der Waals surface area contributed by atoms with E-state index in [0.717, 1.165) is 0 Å². The minimum absolute atomic E-state index is 0.0376.